The van der Waals surface area contributed by atoms with Crippen molar-refractivity contribution >= 4 is 9.05 Å². The fourth-order valence-electron chi connectivity index (χ4n) is 2.91. The van der Waals surface area contributed by atoms with E-state index in [1.165, 1.54) is 97.0 Å². The highest BCUT2D eigenvalue weighted by Gasteiger charge is 2.34. The average molecular weight is 363 g/mol. The van der Waals surface area contributed by atoms with Gasteiger partial charge >= 0.3 is 9.05 Å². The fraction of sp³-hybridized carbons (Fsp3) is 1.00. The Kier molecular flexibility index (Phi) is 17.9. The predicted molar refractivity (Wildman–Crippen MR) is 103 cm³/mol. The molecule has 0 saturated carbocycles. The van der Waals surface area contributed by atoms with E-state index in [0.717, 1.165) is 12.8 Å². The number of unbranched alkanes of at least 4 members (excludes halogenated alkanes) is 15. The molecule has 0 amide bonds. The molecule has 0 atom stereocenters. The molecule has 24 heavy (non-hydrogen) atoms. The Balaban J connectivity index is 3.05. The third-order valence-electron chi connectivity index (χ3n) is 4.55. The van der Waals surface area contributed by atoms with E-state index >= 15 is 0 Å². The third kappa shape index (κ3) is 18.4. The Morgan fingerprint density at radius 3 is 1.25 bits per heavy atom. The van der Waals surface area contributed by atoms with Crippen molar-refractivity contribution < 1.29 is 18.4 Å². The normalized spacial score (nSPS) is 12.0. The smallest absolute Gasteiger partial charge is 0.367 e. The second kappa shape index (κ2) is 17.9. The molecule has 0 aromatic heterocycles. The van der Waals surface area contributed by atoms with E-state index in [-0.39, 0.29) is 0 Å². The van der Waals surface area contributed by atoms with Crippen LogP contribution >= 0.6 is 0 Å². The van der Waals surface area contributed by atoms with Crippen molar-refractivity contribution in [1.82, 2.24) is 0 Å². The summed E-state index contributed by atoms with van der Waals surface area (Å²) in [4.78, 5) is 18.4. The van der Waals surface area contributed by atoms with Crippen molar-refractivity contribution in [2.45, 2.75) is 110 Å². The molecule has 0 aliphatic carbocycles. The lowest BCUT2D eigenvalue weighted by atomic mass is 10.0. The minimum atomic E-state index is -3.79. The number of hydrogen-bond donors (Lipinski definition) is 2. The van der Waals surface area contributed by atoms with Gasteiger partial charge in [0.25, 0.3) is 0 Å². The first-order chi connectivity index (χ1) is 11.6. The Bertz CT molecular complexity index is 250. The van der Waals surface area contributed by atoms with E-state index in [9.17, 15) is 9.59 Å². The SMILES string of the molecule is CCCCCCCCCCCCCCCCCCO[Si](O)(O)OC. The van der Waals surface area contributed by atoms with Gasteiger partial charge in [-0.1, -0.05) is 103 Å². The zero-order valence-corrected chi connectivity index (χ0v) is 17.2. The van der Waals surface area contributed by atoms with E-state index in [0.29, 0.717) is 6.61 Å². The second-order valence-corrected chi connectivity index (χ2v) is 8.70. The van der Waals surface area contributed by atoms with Gasteiger partial charge in [0.1, 0.15) is 0 Å². The molecule has 0 bridgehead atoms. The van der Waals surface area contributed by atoms with E-state index in [4.69, 9.17) is 4.43 Å². The summed E-state index contributed by atoms with van der Waals surface area (Å²) in [7, 11) is -2.52. The summed E-state index contributed by atoms with van der Waals surface area (Å²) in [6.07, 6.45) is 21.2. The van der Waals surface area contributed by atoms with Crippen molar-refractivity contribution in [3.63, 3.8) is 0 Å². The van der Waals surface area contributed by atoms with Crippen molar-refractivity contribution in [1.29, 1.82) is 0 Å². The van der Waals surface area contributed by atoms with E-state index in [1.807, 2.05) is 0 Å². The van der Waals surface area contributed by atoms with Gasteiger partial charge < -0.3 is 18.4 Å². The summed E-state index contributed by atoms with van der Waals surface area (Å²) in [5.74, 6) is 0. The van der Waals surface area contributed by atoms with Crippen LogP contribution in [0.3, 0.4) is 0 Å². The first-order valence-electron chi connectivity index (χ1n) is 10.3. The third-order valence-corrected chi connectivity index (χ3v) is 5.67. The molecule has 4 nitrogen and oxygen atoms in total. The van der Waals surface area contributed by atoms with Gasteiger partial charge in [0.05, 0.1) is 0 Å². The molecule has 0 heterocycles. The second-order valence-electron chi connectivity index (χ2n) is 6.90. The first-order valence-corrected chi connectivity index (χ1v) is 12.0. The number of hydrogen-bond acceptors (Lipinski definition) is 4. The maximum atomic E-state index is 9.20. The zero-order chi connectivity index (χ0) is 17.9. The molecule has 5 heteroatoms. The predicted octanol–water partition coefficient (Wildman–Crippen LogP) is 5.33. The molecule has 146 valence electrons. The Hall–Kier alpha value is 0.0569. The highest BCUT2D eigenvalue weighted by molar-refractivity contribution is 6.50. The fourth-order valence-corrected chi connectivity index (χ4v) is 3.44. The zero-order valence-electron chi connectivity index (χ0n) is 16.2. The Labute approximate surface area is 151 Å². The van der Waals surface area contributed by atoms with Gasteiger partial charge in [0, 0.05) is 13.7 Å². The molecule has 0 spiro atoms. The molecule has 0 aliphatic heterocycles. The van der Waals surface area contributed by atoms with Gasteiger partial charge in [-0.05, 0) is 6.42 Å². The lowest BCUT2D eigenvalue weighted by Crippen LogP contribution is -2.41. The monoisotopic (exact) mass is 362 g/mol. The topological polar surface area (TPSA) is 58.9 Å². The molecule has 0 fully saturated rings. The Morgan fingerprint density at radius 2 is 0.917 bits per heavy atom. The van der Waals surface area contributed by atoms with Crippen molar-refractivity contribution in [3.8, 4) is 0 Å². The van der Waals surface area contributed by atoms with Crippen LogP contribution < -0.4 is 0 Å². The van der Waals surface area contributed by atoms with E-state index in [2.05, 4.69) is 11.3 Å². The molecule has 0 radical (unpaired) electrons. The molecular formula is C19H42O4Si. The van der Waals surface area contributed by atoms with E-state index in [1.54, 1.807) is 0 Å². The van der Waals surface area contributed by atoms with Crippen LogP contribution in [0, 0.1) is 0 Å². The minimum absolute atomic E-state index is 0.380. The highest BCUT2D eigenvalue weighted by Crippen LogP contribution is 2.13. The van der Waals surface area contributed by atoms with Gasteiger partial charge in [0.2, 0.25) is 0 Å². The van der Waals surface area contributed by atoms with Crippen LogP contribution in [-0.2, 0) is 8.85 Å². The maximum absolute atomic E-state index is 9.20. The molecular weight excluding hydrogens is 320 g/mol. The standard InChI is InChI=1S/C19H42O4Si/c1-3-4-5-6-7-8-9-10-11-12-13-14-15-16-17-18-19-23-24(20,21)22-2/h20-21H,3-19H2,1-2H3. The summed E-state index contributed by atoms with van der Waals surface area (Å²) in [6.45, 7) is 2.65. The van der Waals surface area contributed by atoms with E-state index < -0.39 is 9.05 Å². The minimum Gasteiger partial charge on any atom is -0.367 e. The summed E-state index contributed by atoms with van der Waals surface area (Å²) in [6, 6.07) is 0. The molecule has 0 aromatic carbocycles. The molecule has 0 rings (SSSR count). The van der Waals surface area contributed by atoms with Crippen LogP contribution in [0.1, 0.15) is 110 Å². The lowest BCUT2D eigenvalue weighted by Gasteiger charge is -2.13. The van der Waals surface area contributed by atoms with Crippen molar-refractivity contribution in [2.24, 2.45) is 0 Å². The highest BCUT2D eigenvalue weighted by atomic mass is 28.4. The molecule has 0 aliphatic rings. The molecule has 0 aromatic rings. The average Bonchev–Trinajstić information content (AvgIpc) is 2.57. The molecule has 2 N–H and O–H groups in total. The lowest BCUT2D eigenvalue weighted by molar-refractivity contribution is 0.0410. The summed E-state index contributed by atoms with van der Waals surface area (Å²) in [5.41, 5.74) is 0. The number of rotatable bonds is 19. The van der Waals surface area contributed by atoms with Gasteiger partial charge in [-0.25, -0.2) is 0 Å². The van der Waals surface area contributed by atoms with Crippen LogP contribution in [0.4, 0.5) is 0 Å². The Morgan fingerprint density at radius 1 is 0.583 bits per heavy atom. The van der Waals surface area contributed by atoms with Crippen molar-refractivity contribution in [3.05, 3.63) is 0 Å². The van der Waals surface area contributed by atoms with Gasteiger partial charge in [-0.15, -0.1) is 0 Å². The first kappa shape index (κ1) is 24.1. The van der Waals surface area contributed by atoms with Crippen molar-refractivity contribution in [2.75, 3.05) is 13.7 Å². The summed E-state index contributed by atoms with van der Waals surface area (Å²) in [5, 5.41) is 0. The van der Waals surface area contributed by atoms with Gasteiger partial charge in [0.15, 0.2) is 0 Å². The van der Waals surface area contributed by atoms with Gasteiger partial charge in [-0.2, -0.15) is 0 Å². The van der Waals surface area contributed by atoms with Crippen LogP contribution in [-0.4, -0.2) is 32.4 Å². The van der Waals surface area contributed by atoms with Crippen LogP contribution in [0.2, 0.25) is 0 Å². The van der Waals surface area contributed by atoms with Crippen LogP contribution in [0.15, 0.2) is 0 Å². The van der Waals surface area contributed by atoms with Crippen LogP contribution in [0.5, 0.6) is 0 Å². The quantitative estimate of drug-likeness (QED) is 0.241. The van der Waals surface area contributed by atoms with Gasteiger partial charge in [-0.3, -0.25) is 0 Å². The van der Waals surface area contributed by atoms with Crippen LogP contribution in [0.25, 0.3) is 0 Å². The molecule has 0 saturated heterocycles. The summed E-state index contributed by atoms with van der Waals surface area (Å²) >= 11 is 0. The maximum Gasteiger partial charge on any atom is 0.673 e. The molecule has 0 unspecified atom stereocenters. The summed E-state index contributed by atoms with van der Waals surface area (Å²) < 4.78 is 9.42. The largest absolute Gasteiger partial charge is 0.673 e.